The number of benzene rings is 1. The Morgan fingerprint density at radius 2 is 1.79 bits per heavy atom. The van der Waals surface area contributed by atoms with Crippen molar-refractivity contribution in [1.82, 2.24) is 9.88 Å². The van der Waals surface area contributed by atoms with Gasteiger partial charge in [-0.3, -0.25) is 4.90 Å². The van der Waals surface area contributed by atoms with E-state index in [1.54, 1.807) is 6.07 Å². The van der Waals surface area contributed by atoms with Crippen molar-refractivity contribution in [3.8, 4) is 5.75 Å². The van der Waals surface area contributed by atoms with E-state index in [0.717, 1.165) is 44.3 Å². The fraction of sp³-hybridized carbons (Fsp3) is 0.333. The first-order valence-corrected chi connectivity index (χ1v) is 8.08. The summed E-state index contributed by atoms with van der Waals surface area (Å²) in [6, 6.07) is 14.9. The van der Waals surface area contributed by atoms with Crippen molar-refractivity contribution in [1.29, 1.82) is 0 Å². The maximum atomic E-state index is 11.0. The molecule has 6 heteroatoms. The quantitative estimate of drug-likeness (QED) is 0.875. The molecule has 0 saturated carbocycles. The molecule has 0 amide bonds. The molecule has 2 aromatic rings. The van der Waals surface area contributed by atoms with E-state index in [2.05, 4.69) is 14.8 Å². The average molecular weight is 327 g/mol. The third-order valence-electron chi connectivity index (χ3n) is 4.07. The van der Waals surface area contributed by atoms with Crippen LogP contribution in [0, 0.1) is 0 Å². The van der Waals surface area contributed by atoms with Crippen LogP contribution in [0.15, 0.2) is 48.5 Å². The number of piperazine rings is 1. The van der Waals surface area contributed by atoms with Crippen LogP contribution in [0.2, 0.25) is 0 Å². The number of para-hydroxylation sites is 1. The van der Waals surface area contributed by atoms with E-state index in [4.69, 9.17) is 9.84 Å². The molecule has 1 aromatic heterocycles. The molecule has 2 heterocycles. The Balaban J connectivity index is 1.45. The summed E-state index contributed by atoms with van der Waals surface area (Å²) >= 11 is 0. The van der Waals surface area contributed by atoms with Gasteiger partial charge in [-0.15, -0.1) is 0 Å². The van der Waals surface area contributed by atoms with Crippen LogP contribution in [0.4, 0.5) is 5.82 Å². The van der Waals surface area contributed by atoms with Crippen molar-refractivity contribution in [2.75, 3.05) is 44.2 Å². The molecule has 0 atom stereocenters. The Morgan fingerprint density at radius 3 is 2.50 bits per heavy atom. The molecule has 0 aliphatic carbocycles. The topological polar surface area (TPSA) is 65.9 Å². The lowest BCUT2D eigenvalue weighted by Crippen LogP contribution is -2.47. The van der Waals surface area contributed by atoms with Gasteiger partial charge in [0.1, 0.15) is 18.2 Å². The smallest absolute Gasteiger partial charge is 0.354 e. The van der Waals surface area contributed by atoms with Crippen molar-refractivity contribution in [2.45, 2.75) is 0 Å². The number of nitrogens with zero attached hydrogens (tertiary/aromatic N) is 3. The highest BCUT2D eigenvalue weighted by atomic mass is 16.5. The summed E-state index contributed by atoms with van der Waals surface area (Å²) < 4.78 is 5.73. The number of carboxylic acid groups (broad SMARTS) is 1. The molecule has 6 nitrogen and oxygen atoms in total. The predicted molar refractivity (Wildman–Crippen MR) is 91.8 cm³/mol. The van der Waals surface area contributed by atoms with Crippen LogP contribution >= 0.6 is 0 Å². The zero-order valence-electron chi connectivity index (χ0n) is 13.5. The molecule has 0 bridgehead atoms. The Hall–Kier alpha value is -2.60. The highest BCUT2D eigenvalue weighted by Crippen LogP contribution is 2.14. The third kappa shape index (κ3) is 4.23. The number of pyridine rings is 1. The molecule has 1 fully saturated rings. The van der Waals surface area contributed by atoms with E-state index in [1.165, 1.54) is 6.07 Å². The van der Waals surface area contributed by atoms with Crippen molar-refractivity contribution in [3.63, 3.8) is 0 Å². The number of hydrogen-bond donors (Lipinski definition) is 1. The van der Waals surface area contributed by atoms with E-state index < -0.39 is 5.97 Å². The first kappa shape index (κ1) is 16.3. The zero-order chi connectivity index (χ0) is 16.8. The maximum absolute atomic E-state index is 11.0. The molecule has 1 N–H and O–H groups in total. The van der Waals surface area contributed by atoms with Crippen molar-refractivity contribution < 1.29 is 14.6 Å². The van der Waals surface area contributed by atoms with E-state index in [0.29, 0.717) is 6.61 Å². The van der Waals surface area contributed by atoms with Crippen LogP contribution in [0.25, 0.3) is 0 Å². The van der Waals surface area contributed by atoms with Gasteiger partial charge in [0.25, 0.3) is 0 Å². The molecular weight excluding hydrogens is 306 g/mol. The second-order valence-corrected chi connectivity index (χ2v) is 5.68. The highest BCUT2D eigenvalue weighted by Gasteiger charge is 2.18. The van der Waals surface area contributed by atoms with Gasteiger partial charge in [-0.25, -0.2) is 9.78 Å². The average Bonchev–Trinajstić information content (AvgIpc) is 2.63. The van der Waals surface area contributed by atoms with Crippen molar-refractivity contribution in [2.24, 2.45) is 0 Å². The Labute approximate surface area is 141 Å². The normalized spacial score (nSPS) is 15.2. The SMILES string of the molecule is O=C(O)c1cccc(N2CCN(CCOc3ccccc3)CC2)n1. The minimum Gasteiger partial charge on any atom is -0.492 e. The molecule has 126 valence electrons. The molecule has 0 spiro atoms. The van der Waals surface area contributed by atoms with Crippen LogP contribution in [0.3, 0.4) is 0 Å². The second kappa shape index (κ2) is 7.79. The van der Waals surface area contributed by atoms with Gasteiger partial charge >= 0.3 is 5.97 Å². The summed E-state index contributed by atoms with van der Waals surface area (Å²) in [5.41, 5.74) is 0.0891. The standard InChI is InChI=1S/C18H21N3O3/c22-18(23)16-7-4-8-17(19-16)21-11-9-20(10-12-21)13-14-24-15-5-2-1-3-6-15/h1-8H,9-14H2,(H,22,23). The highest BCUT2D eigenvalue weighted by molar-refractivity contribution is 5.85. The number of aromatic carboxylic acids is 1. The Morgan fingerprint density at radius 1 is 1.04 bits per heavy atom. The van der Waals surface area contributed by atoms with Gasteiger partial charge in [0.15, 0.2) is 5.69 Å². The number of anilines is 1. The first-order valence-electron chi connectivity index (χ1n) is 8.08. The van der Waals surface area contributed by atoms with Crippen molar-refractivity contribution >= 4 is 11.8 Å². The molecule has 1 aromatic carbocycles. The van der Waals surface area contributed by atoms with Crippen LogP contribution in [0.5, 0.6) is 5.75 Å². The Bertz CT molecular complexity index is 670. The van der Waals surface area contributed by atoms with Gasteiger partial charge in [-0.1, -0.05) is 24.3 Å². The third-order valence-corrected chi connectivity index (χ3v) is 4.07. The molecule has 24 heavy (non-hydrogen) atoms. The van der Waals surface area contributed by atoms with E-state index >= 15 is 0 Å². The summed E-state index contributed by atoms with van der Waals surface area (Å²) in [5.74, 6) is 0.634. The maximum Gasteiger partial charge on any atom is 0.354 e. The summed E-state index contributed by atoms with van der Waals surface area (Å²) in [5, 5.41) is 9.04. The Kier molecular flexibility index (Phi) is 5.28. The number of carboxylic acids is 1. The van der Waals surface area contributed by atoms with Gasteiger partial charge in [0.2, 0.25) is 0 Å². The fourth-order valence-corrected chi connectivity index (χ4v) is 2.73. The largest absolute Gasteiger partial charge is 0.492 e. The lowest BCUT2D eigenvalue weighted by atomic mass is 10.3. The summed E-state index contributed by atoms with van der Waals surface area (Å²) in [4.78, 5) is 19.7. The molecule has 1 saturated heterocycles. The molecule has 0 unspecified atom stereocenters. The summed E-state index contributed by atoms with van der Waals surface area (Å²) in [6.45, 7) is 5.04. The first-order chi connectivity index (χ1) is 11.7. The summed E-state index contributed by atoms with van der Waals surface area (Å²) in [6.07, 6.45) is 0. The van der Waals surface area contributed by atoms with Crippen LogP contribution in [-0.4, -0.2) is 60.3 Å². The zero-order valence-corrected chi connectivity index (χ0v) is 13.5. The van der Waals surface area contributed by atoms with E-state index in [9.17, 15) is 4.79 Å². The van der Waals surface area contributed by atoms with Crippen LogP contribution in [0.1, 0.15) is 10.5 Å². The van der Waals surface area contributed by atoms with Gasteiger partial charge in [0, 0.05) is 32.7 Å². The number of ether oxygens (including phenoxy) is 1. The minimum atomic E-state index is -0.992. The number of hydrogen-bond acceptors (Lipinski definition) is 5. The fourth-order valence-electron chi connectivity index (χ4n) is 2.73. The summed E-state index contributed by atoms with van der Waals surface area (Å²) in [7, 11) is 0. The van der Waals surface area contributed by atoms with Crippen molar-refractivity contribution in [3.05, 3.63) is 54.2 Å². The molecule has 1 aliphatic rings. The van der Waals surface area contributed by atoms with Gasteiger partial charge < -0.3 is 14.7 Å². The molecule has 1 aliphatic heterocycles. The number of rotatable bonds is 6. The second-order valence-electron chi connectivity index (χ2n) is 5.68. The lowest BCUT2D eigenvalue weighted by Gasteiger charge is -2.35. The lowest BCUT2D eigenvalue weighted by molar-refractivity contribution is 0.0690. The monoisotopic (exact) mass is 327 g/mol. The van der Waals surface area contributed by atoms with Gasteiger partial charge in [-0.2, -0.15) is 0 Å². The van der Waals surface area contributed by atoms with Crippen LogP contribution in [-0.2, 0) is 0 Å². The minimum absolute atomic E-state index is 0.0891. The number of aromatic nitrogens is 1. The van der Waals surface area contributed by atoms with E-state index in [-0.39, 0.29) is 5.69 Å². The van der Waals surface area contributed by atoms with Gasteiger partial charge in [-0.05, 0) is 24.3 Å². The molecule has 3 rings (SSSR count). The number of carbonyl (C=O) groups is 1. The molecule has 0 radical (unpaired) electrons. The molecular formula is C18H21N3O3. The predicted octanol–water partition coefficient (Wildman–Crippen LogP) is 1.98. The van der Waals surface area contributed by atoms with E-state index in [1.807, 2.05) is 36.4 Å². The van der Waals surface area contributed by atoms with Gasteiger partial charge in [0.05, 0.1) is 0 Å². The van der Waals surface area contributed by atoms with Crippen LogP contribution < -0.4 is 9.64 Å².